The zero-order chi connectivity index (χ0) is 20.5. The van der Waals surface area contributed by atoms with Crippen molar-refractivity contribution in [3.8, 4) is 0 Å². The Balaban J connectivity index is 2.37. The van der Waals surface area contributed by atoms with E-state index in [0.717, 1.165) is 26.9 Å². The molecule has 0 saturated heterocycles. The maximum Gasteiger partial charge on any atom is 0.242 e. The number of hydrogen-bond acceptors (Lipinski definition) is 5. The Kier molecular flexibility index (Phi) is 5.96. The molecule has 1 aromatic carbocycles. The maximum atomic E-state index is 12.6. The molecule has 1 amide bonds. The Labute approximate surface area is 160 Å². The van der Waals surface area contributed by atoms with Crippen LogP contribution in [0.2, 0.25) is 0 Å². The molecule has 1 N–H and O–H groups in total. The second kappa shape index (κ2) is 7.69. The van der Waals surface area contributed by atoms with E-state index in [2.05, 4.69) is 10.4 Å². The average Bonchev–Trinajstić information content (AvgIpc) is 2.80. The zero-order valence-electron chi connectivity index (χ0n) is 16.9. The molecular weight excluding hydrogens is 366 g/mol. The molecule has 9 heteroatoms. The number of amides is 1. The largest absolute Gasteiger partial charge is 0.376 e. The molecule has 2 aromatic rings. The monoisotopic (exact) mass is 393 g/mol. The summed E-state index contributed by atoms with van der Waals surface area (Å²) in [7, 11) is 4.86. The fourth-order valence-electron chi connectivity index (χ4n) is 2.80. The van der Waals surface area contributed by atoms with E-state index >= 15 is 0 Å². The van der Waals surface area contributed by atoms with Crippen LogP contribution in [0.15, 0.2) is 23.1 Å². The van der Waals surface area contributed by atoms with Gasteiger partial charge >= 0.3 is 0 Å². The second-order valence-electron chi connectivity index (χ2n) is 6.86. The van der Waals surface area contributed by atoms with Crippen LogP contribution in [0.5, 0.6) is 0 Å². The molecule has 0 fully saturated rings. The number of sulfonamides is 1. The summed E-state index contributed by atoms with van der Waals surface area (Å²) in [6, 6.07) is 4.72. The summed E-state index contributed by atoms with van der Waals surface area (Å²) >= 11 is 0. The number of rotatable bonds is 6. The van der Waals surface area contributed by atoms with E-state index in [1.54, 1.807) is 10.7 Å². The van der Waals surface area contributed by atoms with Crippen molar-refractivity contribution in [3.63, 3.8) is 0 Å². The van der Waals surface area contributed by atoms with Crippen molar-refractivity contribution in [2.24, 2.45) is 7.05 Å². The third kappa shape index (κ3) is 4.30. The predicted octanol–water partition coefficient (Wildman–Crippen LogP) is 1.53. The van der Waals surface area contributed by atoms with E-state index in [9.17, 15) is 13.2 Å². The minimum absolute atomic E-state index is 0.127. The molecule has 1 aromatic heterocycles. The van der Waals surface area contributed by atoms with E-state index in [4.69, 9.17) is 0 Å². The Morgan fingerprint density at radius 3 is 2.30 bits per heavy atom. The van der Waals surface area contributed by atoms with E-state index in [1.165, 1.54) is 26.2 Å². The summed E-state index contributed by atoms with van der Waals surface area (Å²) in [4.78, 5) is 14.6. The van der Waals surface area contributed by atoms with Crippen LogP contribution in [-0.2, 0) is 28.3 Å². The number of carbonyl (C=O) groups excluding carboxylic acids is 1. The van der Waals surface area contributed by atoms with Gasteiger partial charge in [0.25, 0.3) is 0 Å². The second-order valence-corrected chi connectivity index (χ2v) is 9.01. The van der Waals surface area contributed by atoms with Gasteiger partial charge in [-0.25, -0.2) is 12.7 Å². The summed E-state index contributed by atoms with van der Waals surface area (Å²) in [6.45, 7) is 3.78. The number of nitrogens with one attached hydrogen (secondary N) is 1. The van der Waals surface area contributed by atoms with Crippen LogP contribution in [0, 0.1) is 13.8 Å². The molecule has 2 rings (SSSR count). The van der Waals surface area contributed by atoms with Gasteiger partial charge in [0.05, 0.1) is 28.4 Å². The van der Waals surface area contributed by atoms with Crippen molar-refractivity contribution in [1.82, 2.24) is 14.1 Å². The summed E-state index contributed by atoms with van der Waals surface area (Å²) in [5, 5.41) is 7.18. The Bertz CT molecular complexity index is 962. The molecule has 1 heterocycles. The number of aryl methyl sites for hydroxylation is 2. The fourth-order valence-corrected chi connectivity index (χ4v) is 3.73. The summed E-state index contributed by atoms with van der Waals surface area (Å²) in [5.74, 6) is -0.225. The highest BCUT2D eigenvalue weighted by Crippen LogP contribution is 2.29. The van der Waals surface area contributed by atoms with Crippen molar-refractivity contribution in [1.29, 1.82) is 0 Å². The molecule has 0 aliphatic heterocycles. The minimum Gasteiger partial charge on any atom is -0.376 e. The van der Waals surface area contributed by atoms with E-state index in [1.807, 2.05) is 39.9 Å². The minimum atomic E-state index is -3.60. The lowest BCUT2D eigenvalue weighted by Gasteiger charge is -2.20. The normalized spacial score (nSPS) is 11.7. The fraction of sp³-hybridized carbons (Fsp3) is 0.444. The Morgan fingerprint density at radius 2 is 1.81 bits per heavy atom. The Morgan fingerprint density at radius 1 is 1.19 bits per heavy atom. The van der Waals surface area contributed by atoms with Gasteiger partial charge in [-0.15, -0.1) is 0 Å². The van der Waals surface area contributed by atoms with Crippen LogP contribution in [0.1, 0.15) is 17.0 Å². The summed E-state index contributed by atoms with van der Waals surface area (Å²) in [6.07, 6.45) is 0.170. The van der Waals surface area contributed by atoms with Gasteiger partial charge in [-0.1, -0.05) is 0 Å². The highest BCUT2D eigenvalue weighted by molar-refractivity contribution is 7.89. The molecule has 8 nitrogen and oxygen atoms in total. The highest BCUT2D eigenvalue weighted by atomic mass is 32.2. The van der Waals surface area contributed by atoms with E-state index < -0.39 is 10.0 Å². The Hall–Kier alpha value is -2.39. The van der Waals surface area contributed by atoms with Crippen molar-refractivity contribution < 1.29 is 13.2 Å². The molecule has 0 bridgehead atoms. The first-order valence-electron chi connectivity index (χ1n) is 8.48. The van der Waals surface area contributed by atoms with Crippen LogP contribution < -0.4 is 10.2 Å². The molecule has 0 atom stereocenters. The van der Waals surface area contributed by atoms with Crippen molar-refractivity contribution in [3.05, 3.63) is 35.2 Å². The van der Waals surface area contributed by atoms with Crippen molar-refractivity contribution in [2.75, 3.05) is 38.4 Å². The molecule has 0 unspecified atom stereocenters. The number of hydrogen-bond donors (Lipinski definition) is 1. The maximum absolute atomic E-state index is 12.6. The van der Waals surface area contributed by atoms with Crippen LogP contribution in [0.3, 0.4) is 0 Å². The number of aromatic nitrogens is 2. The van der Waals surface area contributed by atoms with Gasteiger partial charge in [0, 0.05) is 46.5 Å². The topological polar surface area (TPSA) is 87.5 Å². The first-order chi connectivity index (χ1) is 12.4. The third-order valence-corrected chi connectivity index (χ3v) is 6.31. The quantitative estimate of drug-likeness (QED) is 0.804. The number of carbonyl (C=O) groups is 1. The van der Waals surface area contributed by atoms with Crippen LogP contribution >= 0.6 is 0 Å². The van der Waals surface area contributed by atoms with Gasteiger partial charge in [-0.05, 0) is 32.0 Å². The molecule has 0 aliphatic rings. The lowest BCUT2D eigenvalue weighted by molar-refractivity contribution is -0.115. The van der Waals surface area contributed by atoms with E-state index in [-0.39, 0.29) is 17.2 Å². The number of nitrogens with zero attached hydrogens (tertiary/aromatic N) is 4. The van der Waals surface area contributed by atoms with Gasteiger partial charge in [-0.3, -0.25) is 9.48 Å². The van der Waals surface area contributed by atoms with Crippen molar-refractivity contribution in [2.45, 2.75) is 25.2 Å². The van der Waals surface area contributed by atoms with E-state index in [0.29, 0.717) is 5.69 Å². The molecule has 0 radical (unpaired) electrons. The molecule has 0 spiro atoms. The van der Waals surface area contributed by atoms with Crippen LogP contribution in [-0.4, -0.2) is 56.6 Å². The zero-order valence-corrected chi connectivity index (χ0v) is 17.7. The molecule has 0 saturated carbocycles. The lowest BCUT2D eigenvalue weighted by atomic mass is 10.1. The van der Waals surface area contributed by atoms with Gasteiger partial charge in [0.2, 0.25) is 15.9 Å². The third-order valence-electron chi connectivity index (χ3n) is 4.50. The van der Waals surface area contributed by atoms with Crippen LogP contribution in [0.25, 0.3) is 0 Å². The van der Waals surface area contributed by atoms with Gasteiger partial charge < -0.3 is 10.2 Å². The molecule has 0 aliphatic carbocycles. The molecular formula is C18H27N5O3S. The lowest BCUT2D eigenvalue weighted by Crippen LogP contribution is -2.23. The predicted molar refractivity (Wildman–Crippen MR) is 107 cm³/mol. The SMILES string of the molecule is Cc1nn(C)c(C)c1CC(=O)Nc1cc(S(=O)(=O)N(C)C)ccc1N(C)C. The first-order valence-corrected chi connectivity index (χ1v) is 9.92. The van der Waals surface area contributed by atoms with Gasteiger partial charge in [0.15, 0.2) is 0 Å². The van der Waals surface area contributed by atoms with Gasteiger partial charge in [0.1, 0.15) is 0 Å². The standard InChI is InChI=1S/C18H27N5O3S/c1-12-15(13(2)23(7)20-12)11-18(24)19-16-10-14(27(25,26)22(5)6)8-9-17(16)21(3)4/h8-10H,11H2,1-7H3,(H,19,24). The number of anilines is 2. The summed E-state index contributed by atoms with van der Waals surface area (Å²) < 4.78 is 27.7. The molecule has 148 valence electrons. The van der Waals surface area contributed by atoms with Crippen LogP contribution in [0.4, 0.5) is 11.4 Å². The average molecular weight is 394 g/mol. The molecule has 27 heavy (non-hydrogen) atoms. The summed E-state index contributed by atoms with van der Waals surface area (Å²) in [5.41, 5.74) is 3.78. The number of benzene rings is 1. The smallest absolute Gasteiger partial charge is 0.242 e. The van der Waals surface area contributed by atoms with Crippen molar-refractivity contribution >= 4 is 27.3 Å². The first kappa shape index (κ1) is 20.9. The highest BCUT2D eigenvalue weighted by Gasteiger charge is 2.21. The van der Waals surface area contributed by atoms with Gasteiger partial charge in [-0.2, -0.15) is 5.10 Å².